The number of hydrogen-bond donors (Lipinski definition) is 2. The van der Waals surface area contributed by atoms with Crippen molar-refractivity contribution >= 4 is 5.97 Å². The average Bonchev–Trinajstić information content (AvgIpc) is 2.08. The molecule has 0 amide bonds. The molecule has 0 aliphatic carbocycles. The summed E-state index contributed by atoms with van der Waals surface area (Å²) in [5, 5.41) is 18.3. The summed E-state index contributed by atoms with van der Waals surface area (Å²) in [5.74, 6) is -1.19. The fraction of sp³-hybridized carbons (Fsp3) is 0.364. The van der Waals surface area contributed by atoms with Crippen molar-refractivity contribution in [3.8, 4) is 0 Å². The van der Waals surface area contributed by atoms with Crippen LogP contribution in [0.4, 0.5) is 0 Å². The van der Waals surface area contributed by atoms with Crippen molar-refractivity contribution < 1.29 is 15.0 Å². The molecule has 0 heterocycles. The van der Waals surface area contributed by atoms with Gasteiger partial charge in [0.25, 0.3) is 0 Å². The summed E-state index contributed by atoms with van der Waals surface area (Å²) in [5.41, 5.74) is 0.167. The van der Waals surface area contributed by atoms with Gasteiger partial charge in [0.15, 0.2) is 5.60 Å². The smallest absolute Gasteiger partial charge is 0.335 e. The molecule has 0 radical (unpaired) electrons. The van der Waals surface area contributed by atoms with Gasteiger partial charge in [0.05, 0.1) is 0 Å². The Balaban J connectivity index is 2.89. The summed E-state index contributed by atoms with van der Waals surface area (Å²) in [6.07, 6.45) is 0.134. The Labute approximate surface area is 83.0 Å². The van der Waals surface area contributed by atoms with Crippen LogP contribution in [0.15, 0.2) is 24.3 Å². The summed E-state index contributed by atoms with van der Waals surface area (Å²) in [6.45, 7) is 3.20. The maximum atomic E-state index is 10.7. The van der Waals surface area contributed by atoms with Gasteiger partial charge in [-0.3, -0.25) is 0 Å². The average molecular weight is 194 g/mol. The van der Waals surface area contributed by atoms with Gasteiger partial charge < -0.3 is 10.2 Å². The molecule has 0 unspecified atom stereocenters. The number of aliphatic hydroxyl groups is 1. The standard InChI is InChI=1S/C11H14O3/c1-8-5-3-4-6-9(8)7-11(2,14)10(12)13/h3-6,14H,7H2,1-2H3,(H,12,13)/t11-/m0/s1. The Morgan fingerprint density at radius 2 is 2.00 bits per heavy atom. The van der Waals surface area contributed by atoms with E-state index in [2.05, 4.69) is 0 Å². The second-order valence-electron chi connectivity index (χ2n) is 3.68. The minimum absolute atomic E-state index is 0.134. The molecular formula is C11H14O3. The third kappa shape index (κ3) is 2.33. The molecule has 0 aliphatic heterocycles. The number of benzene rings is 1. The van der Waals surface area contributed by atoms with Gasteiger partial charge in [0.1, 0.15) is 0 Å². The first-order valence-corrected chi connectivity index (χ1v) is 4.44. The fourth-order valence-electron chi connectivity index (χ4n) is 1.25. The number of carboxylic acids is 1. The van der Waals surface area contributed by atoms with Crippen LogP contribution < -0.4 is 0 Å². The van der Waals surface area contributed by atoms with E-state index in [9.17, 15) is 9.90 Å². The highest BCUT2D eigenvalue weighted by Gasteiger charge is 2.30. The lowest BCUT2D eigenvalue weighted by Gasteiger charge is -2.18. The monoisotopic (exact) mass is 194 g/mol. The number of carbonyl (C=O) groups is 1. The number of hydrogen-bond acceptors (Lipinski definition) is 2. The molecule has 1 aromatic rings. The highest BCUT2D eigenvalue weighted by atomic mass is 16.4. The van der Waals surface area contributed by atoms with Crippen LogP contribution in [-0.2, 0) is 11.2 Å². The molecule has 0 bridgehead atoms. The molecule has 0 aromatic heterocycles. The molecule has 3 nitrogen and oxygen atoms in total. The van der Waals surface area contributed by atoms with E-state index in [1.165, 1.54) is 6.92 Å². The second kappa shape index (κ2) is 3.80. The van der Waals surface area contributed by atoms with Gasteiger partial charge in [0, 0.05) is 6.42 Å². The van der Waals surface area contributed by atoms with E-state index in [4.69, 9.17) is 5.11 Å². The zero-order valence-electron chi connectivity index (χ0n) is 8.32. The van der Waals surface area contributed by atoms with Gasteiger partial charge in [0.2, 0.25) is 0 Å². The van der Waals surface area contributed by atoms with Crippen LogP contribution in [0.1, 0.15) is 18.1 Å². The third-order valence-corrected chi connectivity index (χ3v) is 2.26. The predicted molar refractivity (Wildman–Crippen MR) is 53.1 cm³/mol. The van der Waals surface area contributed by atoms with Crippen molar-refractivity contribution in [1.82, 2.24) is 0 Å². The summed E-state index contributed by atoms with van der Waals surface area (Å²) >= 11 is 0. The first-order chi connectivity index (χ1) is 6.43. The summed E-state index contributed by atoms with van der Waals surface area (Å²) < 4.78 is 0. The van der Waals surface area contributed by atoms with Crippen LogP contribution in [0.3, 0.4) is 0 Å². The molecule has 2 N–H and O–H groups in total. The van der Waals surface area contributed by atoms with E-state index in [0.29, 0.717) is 0 Å². The first kappa shape index (κ1) is 10.7. The molecule has 0 saturated heterocycles. The molecule has 0 aliphatic rings. The van der Waals surface area contributed by atoms with Crippen LogP contribution in [0.25, 0.3) is 0 Å². The van der Waals surface area contributed by atoms with Gasteiger partial charge in [-0.25, -0.2) is 4.79 Å². The Hall–Kier alpha value is -1.35. The fourth-order valence-corrected chi connectivity index (χ4v) is 1.25. The largest absolute Gasteiger partial charge is 0.479 e. The third-order valence-electron chi connectivity index (χ3n) is 2.26. The Morgan fingerprint density at radius 3 is 2.50 bits per heavy atom. The molecule has 3 heteroatoms. The normalized spacial score (nSPS) is 14.8. The maximum Gasteiger partial charge on any atom is 0.335 e. The molecule has 1 rings (SSSR count). The molecule has 0 spiro atoms. The molecule has 1 aromatic carbocycles. The van der Waals surface area contributed by atoms with E-state index in [0.717, 1.165) is 11.1 Å². The summed E-state index contributed by atoms with van der Waals surface area (Å²) in [7, 11) is 0. The number of rotatable bonds is 3. The SMILES string of the molecule is Cc1ccccc1C[C@](C)(O)C(=O)O. The highest BCUT2D eigenvalue weighted by molar-refractivity contribution is 5.77. The van der Waals surface area contributed by atoms with Crippen LogP contribution in [0.5, 0.6) is 0 Å². The number of carboxylic acid groups (broad SMARTS) is 1. The zero-order valence-corrected chi connectivity index (χ0v) is 8.32. The van der Waals surface area contributed by atoms with Crippen LogP contribution in [-0.4, -0.2) is 21.8 Å². The van der Waals surface area contributed by atoms with Crippen LogP contribution in [0, 0.1) is 6.92 Å². The minimum Gasteiger partial charge on any atom is -0.479 e. The van der Waals surface area contributed by atoms with Gasteiger partial charge in [-0.1, -0.05) is 24.3 Å². The lowest BCUT2D eigenvalue weighted by Crippen LogP contribution is -2.37. The van der Waals surface area contributed by atoms with E-state index < -0.39 is 11.6 Å². The van der Waals surface area contributed by atoms with Crippen molar-refractivity contribution in [1.29, 1.82) is 0 Å². The van der Waals surface area contributed by atoms with Crippen molar-refractivity contribution in [3.63, 3.8) is 0 Å². The summed E-state index contributed by atoms with van der Waals surface area (Å²) in [4.78, 5) is 10.7. The van der Waals surface area contributed by atoms with Crippen LogP contribution >= 0.6 is 0 Å². The van der Waals surface area contributed by atoms with Gasteiger partial charge in [-0.2, -0.15) is 0 Å². The Bertz CT molecular complexity index is 342. The predicted octanol–water partition coefficient (Wildman–Crippen LogP) is 1.37. The lowest BCUT2D eigenvalue weighted by atomic mass is 9.94. The van der Waals surface area contributed by atoms with E-state index in [1.54, 1.807) is 0 Å². The van der Waals surface area contributed by atoms with Gasteiger partial charge in [-0.15, -0.1) is 0 Å². The van der Waals surface area contributed by atoms with Crippen LogP contribution in [0.2, 0.25) is 0 Å². The molecular weight excluding hydrogens is 180 g/mol. The molecule has 0 saturated carbocycles. The molecule has 14 heavy (non-hydrogen) atoms. The van der Waals surface area contributed by atoms with E-state index in [1.807, 2.05) is 31.2 Å². The molecule has 76 valence electrons. The summed E-state index contributed by atoms with van der Waals surface area (Å²) in [6, 6.07) is 7.44. The van der Waals surface area contributed by atoms with Gasteiger partial charge in [-0.05, 0) is 25.0 Å². The Morgan fingerprint density at radius 1 is 1.43 bits per heavy atom. The Kier molecular flexibility index (Phi) is 2.91. The quantitative estimate of drug-likeness (QED) is 0.764. The zero-order chi connectivity index (χ0) is 10.8. The maximum absolute atomic E-state index is 10.7. The topological polar surface area (TPSA) is 57.5 Å². The van der Waals surface area contributed by atoms with Crippen molar-refractivity contribution in [2.45, 2.75) is 25.9 Å². The van der Waals surface area contributed by atoms with E-state index in [-0.39, 0.29) is 6.42 Å². The van der Waals surface area contributed by atoms with Crippen molar-refractivity contribution in [3.05, 3.63) is 35.4 Å². The lowest BCUT2D eigenvalue weighted by molar-refractivity contribution is -0.156. The molecule has 1 atom stereocenters. The first-order valence-electron chi connectivity index (χ1n) is 4.44. The van der Waals surface area contributed by atoms with Gasteiger partial charge >= 0.3 is 5.97 Å². The number of aryl methyl sites for hydroxylation is 1. The minimum atomic E-state index is -1.69. The molecule has 0 fully saturated rings. The number of aliphatic carboxylic acids is 1. The van der Waals surface area contributed by atoms with Crippen molar-refractivity contribution in [2.75, 3.05) is 0 Å². The van der Waals surface area contributed by atoms with E-state index >= 15 is 0 Å². The second-order valence-corrected chi connectivity index (χ2v) is 3.68. The highest BCUT2D eigenvalue weighted by Crippen LogP contribution is 2.16. The van der Waals surface area contributed by atoms with Crippen molar-refractivity contribution in [2.24, 2.45) is 0 Å².